The Bertz CT molecular complexity index is 1180. The smallest absolute Gasteiger partial charge is 0.223 e. The Labute approximate surface area is 220 Å². The maximum atomic E-state index is 14.8. The number of benzene rings is 1. The van der Waals surface area contributed by atoms with Crippen molar-refractivity contribution in [3.63, 3.8) is 0 Å². The van der Waals surface area contributed by atoms with Gasteiger partial charge in [0, 0.05) is 56.8 Å². The SMILES string of the molecule is CC1(C)CNCN1CCNc1ncc(F)c(-c2cnc(N(CCN3CCCC3)c3ccc(F)cc3)s2)n1. The van der Waals surface area contributed by atoms with Crippen molar-refractivity contribution < 1.29 is 8.78 Å². The largest absolute Gasteiger partial charge is 0.353 e. The highest BCUT2D eigenvalue weighted by Crippen LogP contribution is 2.35. The first-order valence-electron chi connectivity index (χ1n) is 12.8. The third-order valence-corrected chi connectivity index (χ3v) is 8.09. The molecule has 0 saturated carbocycles. The van der Waals surface area contributed by atoms with Gasteiger partial charge in [-0.3, -0.25) is 4.90 Å². The average molecular weight is 529 g/mol. The number of hydrogen-bond donors (Lipinski definition) is 2. The average Bonchev–Trinajstić information content (AvgIpc) is 3.64. The van der Waals surface area contributed by atoms with Gasteiger partial charge in [0.25, 0.3) is 0 Å². The summed E-state index contributed by atoms with van der Waals surface area (Å²) < 4.78 is 28.4. The summed E-state index contributed by atoms with van der Waals surface area (Å²) in [7, 11) is 0. The Balaban J connectivity index is 1.31. The Hall–Kier alpha value is -2.73. The molecule has 0 spiro atoms. The standard InChI is InChI=1S/C26H34F2N8S/c1-26(2)17-29-18-35(26)12-9-30-24-31-15-21(28)23(33-24)22-16-32-25(37-22)36(14-13-34-10-3-4-11-34)20-7-5-19(27)6-8-20/h5-8,15-16,29H,3-4,9-14,17-18H2,1-2H3,(H,30,31,33). The summed E-state index contributed by atoms with van der Waals surface area (Å²) in [5.41, 5.74) is 1.18. The van der Waals surface area contributed by atoms with Crippen LogP contribution in [0.2, 0.25) is 0 Å². The fourth-order valence-corrected chi connectivity index (χ4v) is 5.79. The zero-order valence-electron chi connectivity index (χ0n) is 21.4. The van der Waals surface area contributed by atoms with Crippen molar-refractivity contribution in [2.45, 2.75) is 32.2 Å². The molecule has 2 aliphatic rings. The Morgan fingerprint density at radius 1 is 1.08 bits per heavy atom. The van der Waals surface area contributed by atoms with Crippen molar-refractivity contribution in [3.8, 4) is 10.6 Å². The van der Waals surface area contributed by atoms with Gasteiger partial charge in [-0.15, -0.1) is 0 Å². The zero-order valence-corrected chi connectivity index (χ0v) is 22.2. The van der Waals surface area contributed by atoms with E-state index in [1.54, 1.807) is 18.3 Å². The van der Waals surface area contributed by atoms with E-state index in [9.17, 15) is 8.78 Å². The van der Waals surface area contributed by atoms with Gasteiger partial charge in [0.2, 0.25) is 5.95 Å². The molecule has 0 unspecified atom stereocenters. The lowest BCUT2D eigenvalue weighted by atomic mass is 10.1. The van der Waals surface area contributed by atoms with Crippen molar-refractivity contribution in [2.24, 2.45) is 0 Å². The maximum Gasteiger partial charge on any atom is 0.223 e. The number of halogens is 2. The Morgan fingerprint density at radius 3 is 2.59 bits per heavy atom. The number of nitrogens with zero attached hydrogens (tertiary/aromatic N) is 6. The molecule has 3 aromatic rings. The van der Waals surface area contributed by atoms with Crippen LogP contribution >= 0.6 is 11.3 Å². The molecule has 0 atom stereocenters. The summed E-state index contributed by atoms with van der Waals surface area (Å²) in [6.07, 6.45) is 5.29. The first kappa shape index (κ1) is 25.9. The lowest BCUT2D eigenvalue weighted by molar-refractivity contribution is 0.190. The van der Waals surface area contributed by atoms with Crippen molar-refractivity contribution in [3.05, 3.63) is 48.3 Å². The Morgan fingerprint density at radius 2 is 1.86 bits per heavy atom. The van der Waals surface area contributed by atoms with Gasteiger partial charge in [-0.05, 0) is 64.0 Å². The normalized spacial score (nSPS) is 17.9. The van der Waals surface area contributed by atoms with Gasteiger partial charge >= 0.3 is 0 Å². The first-order valence-corrected chi connectivity index (χ1v) is 13.6. The Kier molecular flexibility index (Phi) is 7.94. The highest BCUT2D eigenvalue weighted by Gasteiger charge is 2.31. The van der Waals surface area contributed by atoms with E-state index in [1.807, 2.05) is 0 Å². The second kappa shape index (κ2) is 11.3. The van der Waals surface area contributed by atoms with Gasteiger partial charge in [-0.25, -0.2) is 23.7 Å². The number of rotatable bonds is 10. The number of thiazole rings is 1. The van der Waals surface area contributed by atoms with Crippen LogP contribution in [0.25, 0.3) is 10.6 Å². The number of anilines is 3. The van der Waals surface area contributed by atoms with Crippen LogP contribution in [0.1, 0.15) is 26.7 Å². The molecule has 1 aromatic carbocycles. The van der Waals surface area contributed by atoms with E-state index in [0.717, 1.165) is 50.2 Å². The molecule has 8 nitrogen and oxygen atoms in total. The summed E-state index contributed by atoms with van der Waals surface area (Å²) in [6, 6.07) is 6.41. The van der Waals surface area contributed by atoms with Gasteiger partial charge < -0.3 is 20.4 Å². The first-order chi connectivity index (χ1) is 17.9. The molecule has 2 fully saturated rings. The van der Waals surface area contributed by atoms with Crippen LogP contribution in [0.3, 0.4) is 0 Å². The van der Waals surface area contributed by atoms with E-state index in [2.05, 4.69) is 54.1 Å². The zero-order chi connectivity index (χ0) is 25.8. The lowest BCUT2D eigenvalue weighted by Gasteiger charge is -2.30. The number of nitrogens with one attached hydrogen (secondary N) is 2. The number of likely N-dealkylation sites (tertiary alicyclic amines) is 1. The molecule has 198 valence electrons. The molecule has 5 rings (SSSR count). The summed E-state index contributed by atoms with van der Waals surface area (Å²) >= 11 is 1.37. The van der Waals surface area contributed by atoms with Crippen LogP contribution in [0, 0.1) is 11.6 Å². The van der Waals surface area contributed by atoms with Gasteiger partial charge in [0.05, 0.1) is 11.1 Å². The van der Waals surface area contributed by atoms with Crippen molar-refractivity contribution >= 4 is 28.1 Å². The molecule has 0 bridgehead atoms. The van der Waals surface area contributed by atoms with E-state index < -0.39 is 5.82 Å². The molecule has 2 N–H and O–H groups in total. The minimum Gasteiger partial charge on any atom is -0.353 e. The molecule has 2 saturated heterocycles. The molecule has 0 aliphatic carbocycles. The molecular weight excluding hydrogens is 494 g/mol. The van der Waals surface area contributed by atoms with E-state index in [1.165, 1.54) is 42.5 Å². The second-order valence-corrected chi connectivity index (χ2v) is 11.2. The maximum absolute atomic E-state index is 14.8. The van der Waals surface area contributed by atoms with Gasteiger partial charge in [0.15, 0.2) is 10.9 Å². The molecule has 2 aliphatic heterocycles. The third kappa shape index (κ3) is 6.23. The summed E-state index contributed by atoms with van der Waals surface area (Å²) in [6.45, 7) is 11.5. The third-order valence-electron chi connectivity index (χ3n) is 7.06. The van der Waals surface area contributed by atoms with Crippen LogP contribution in [0.5, 0.6) is 0 Å². The van der Waals surface area contributed by atoms with Crippen LogP contribution in [0.15, 0.2) is 36.7 Å². The van der Waals surface area contributed by atoms with Crippen molar-refractivity contribution in [1.29, 1.82) is 0 Å². The van der Waals surface area contributed by atoms with Crippen LogP contribution in [-0.2, 0) is 0 Å². The minimum absolute atomic E-state index is 0.0979. The molecule has 4 heterocycles. The van der Waals surface area contributed by atoms with Crippen molar-refractivity contribution in [1.82, 2.24) is 30.1 Å². The van der Waals surface area contributed by atoms with Gasteiger partial charge in [-0.1, -0.05) is 11.3 Å². The summed E-state index contributed by atoms with van der Waals surface area (Å²) in [5, 5.41) is 7.34. The molecule has 0 radical (unpaired) electrons. The van der Waals surface area contributed by atoms with Gasteiger partial charge in [0.1, 0.15) is 11.5 Å². The lowest BCUT2D eigenvalue weighted by Crippen LogP contribution is -2.42. The second-order valence-electron chi connectivity index (χ2n) is 10.2. The molecule has 37 heavy (non-hydrogen) atoms. The fourth-order valence-electron chi connectivity index (χ4n) is 4.84. The highest BCUT2D eigenvalue weighted by atomic mass is 32.1. The van der Waals surface area contributed by atoms with Gasteiger partial charge in [-0.2, -0.15) is 0 Å². The quantitative estimate of drug-likeness (QED) is 0.407. The number of hydrogen-bond acceptors (Lipinski definition) is 9. The minimum atomic E-state index is -0.490. The van der Waals surface area contributed by atoms with E-state index in [-0.39, 0.29) is 17.1 Å². The molecule has 11 heteroatoms. The predicted molar refractivity (Wildman–Crippen MR) is 144 cm³/mol. The fraction of sp³-hybridized carbons (Fsp3) is 0.500. The number of aromatic nitrogens is 3. The van der Waals surface area contributed by atoms with Crippen LogP contribution in [-0.4, -0.2) is 82.8 Å². The van der Waals surface area contributed by atoms with Crippen molar-refractivity contribution in [2.75, 3.05) is 62.7 Å². The topological polar surface area (TPSA) is 72.5 Å². The molecule has 0 amide bonds. The van der Waals surface area contributed by atoms with E-state index in [4.69, 9.17) is 0 Å². The van der Waals surface area contributed by atoms with E-state index >= 15 is 0 Å². The van der Waals surface area contributed by atoms with E-state index in [0.29, 0.717) is 23.9 Å². The van der Waals surface area contributed by atoms with Crippen LogP contribution in [0.4, 0.5) is 25.5 Å². The molecular formula is C26H34F2N8S. The summed E-state index contributed by atoms with van der Waals surface area (Å²) in [5.74, 6) is -0.382. The predicted octanol–water partition coefficient (Wildman–Crippen LogP) is 4.17. The van der Waals surface area contributed by atoms with Crippen LogP contribution < -0.4 is 15.5 Å². The molecule has 2 aromatic heterocycles. The highest BCUT2D eigenvalue weighted by molar-refractivity contribution is 7.18. The monoisotopic (exact) mass is 528 g/mol. The summed E-state index contributed by atoms with van der Waals surface area (Å²) in [4.78, 5) is 20.7.